The average molecular weight is 372 g/mol. The monoisotopic (exact) mass is 371 g/mol. The van der Waals surface area contributed by atoms with Gasteiger partial charge in [-0.1, -0.05) is 29.8 Å². The van der Waals surface area contributed by atoms with E-state index in [-0.39, 0.29) is 25.5 Å². The standard InChI is InChI=1S/C19H18ClN3O3/c1-13-4-2-3-5-16(13)19(25)21-9-8-18(24)26-12-15-11-23-10-14(20)6-7-17(23)22-15/h2-7,10-11H,8-9,12H2,1H3,(H,21,25). The van der Waals surface area contributed by atoms with E-state index in [9.17, 15) is 9.59 Å². The molecule has 2 heterocycles. The second-order valence-corrected chi connectivity index (χ2v) is 6.26. The number of nitrogens with zero attached hydrogens (tertiary/aromatic N) is 2. The Morgan fingerprint density at radius 2 is 2.00 bits per heavy atom. The molecule has 6 nitrogen and oxygen atoms in total. The Kier molecular flexibility index (Phi) is 5.53. The molecular weight excluding hydrogens is 354 g/mol. The van der Waals surface area contributed by atoms with Crippen molar-refractivity contribution in [2.75, 3.05) is 6.54 Å². The second-order valence-electron chi connectivity index (χ2n) is 5.83. The lowest BCUT2D eigenvalue weighted by atomic mass is 10.1. The molecule has 0 fully saturated rings. The van der Waals surface area contributed by atoms with Crippen molar-refractivity contribution in [2.24, 2.45) is 0 Å². The molecule has 1 aromatic carbocycles. The number of benzene rings is 1. The summed E-state index contributed by atoms with van der Waals surface area (Å²) in [6.07, 6.45) is 3.58. The zero-order chi connectivity index (χ0) is 18.5. The Morgan fingerprint density at radius 1 is 1.19 bits per heavy atom. The van der Waals surface area contributed by atoms with Crippen molar-refractivity contribution in [3.63, 3.8) is 0 Å². The number of nitrogens with one attached hydrogen (secondary N) is 1. The number of halogens is 1. The highest BCUT2D eigenvalue weighted by Gasteiger charge is 2.10. The van der Waals surface area contributed by atoms with E-state index in [0.29, 0.717) is 16.3 Å². The van der Waals surface area contributed by atoms with Gasteiger partial charge in [0, 0.05) is 24.5 Å². The molecule has 0 aliphatic carbocycles. The van der Waals surface area contributed by atoms with E-state index in [1.54, 1.807) is 41.1 Å². The maximum atomic E-state index is 12.1. The summed E-state index contributed by atoms with van der Waals surface area (Å²) in [4.78, 5) is 28.2. The molecule has 1 N–H and O–H groups in total. The highest BCUT2D eigenvalue weighted by molar-refractivity contribution is 6.30. The van der Waals surface area contributed by atoms with Gasteiger partial charge in [0.1, 0.15) is 12.3 Å². The molecule has 0 unspecified atom stereocenters. The number of pyridine rings is 1. The fourth-order valence-corrected chi connectivity index (χ4v) is 2.68. The molecule has 26 heavy (non-hydrogen) atoms. The molecule has 2 aromatic heterocycles. The van der Waals surface area contributed by atoms with Gasteiger partial charge >= 0.3 is 5.97 Å². The largest absolute Gasteiger partial charge is 0.459 e. The van der Waals surface area contributed by atoms with Crippen LogP contribution in [0.3, 0.4) is 0 Å². The number of carbonyl (C=O) groups is 2. The van der Waals surface area contributed by atoms with E-state index in [2.05, 4.69) is 10.3 Å². The van der Waals surface area contributed by atoms with Crippen molar-refractivity contribution in [3.05, 3.63) is 70.6 Å². The number of fused-ring (bicyclic) bond motifs is 1. The van der Waals surface area contributed by atoms with E-state index in [1.165, 1.54) is 0 Å². The minimum atomic E-state index is -0.398. The molecule has 0 aliphatic rings. The van der Waals surface area contributed by atoms with Crippen molar-refractivity contribution in [1.29, 1.82) is 0 Å². The van der Waals surface area contributed by atoms with Crippen molar-refractivity contribution in [1.82, 2.24) is 14.7 Å². The predicted molar refractivity (Wildman–Crippen MR) is 98.1 cm³/mol. The van der Waals surface area contributed by atoms with Crippen LogP contribution >= 0.6 is 11.6 Å². The lowest BCUT2D eigenvalue weighted by Gasteiger charge is -2.07. The lowest BCUT2D eigenvalue weighted by Crippen LogP contribution is -2.27. The number of hydrogen-bond acceptors (Lipinski definition) is 4. The van der Waals surface area contributed by atoms with Gasteiger partial charge in [0.25, 0.3) is 5.91 Å². The third-order valence-corrected chi connectivity index (χ3v) is 4.07. The minimum Gasteiger partial charge on any atom is -0.459 e. The molecule has 7 heteroatoms. The van der Waals surface area contributed by atoms with Gasteiger partial charge in [0.05, 0.1) is 17.1 Å². The number of esters is 1. The van der Waals surface area contributed by atoms with E-state index >= 15 is 0 Å². The Bertz CT molecular complexity index is 952. The maximum Gasteiger partial charge on any atom is 0.307 e. The third kappa shape index (κ3) is 4.40. The zero-order valence-electron chi connectivity index (χ0n) is 14.2. The number of imidazole rings is 1. The summed E-state index contributed by atoms with van der Waals surface area (Å²) in [5, 5.41) is 3.32. The van der Waals surface area contributed by atoms with Gasteiger partial charge in [-0.2, -0.15) is 0 Å². The first kappa shape index (κ1) is 17.9. The van der Waals surface area contributed by atoms with Gasteiger partial charge in [0.15, 0.2) is 0 Å². The van der Waals surface area contributed by atoms with E-state index in [0.717, 1.165) is 11.2 Å². The Morgan fingerprint density at radius 3 is 2.81 bits per heavy atom. The van der Waals surface area contributed by atoms with Gasteiger partial charge in [-0.15, -0.1) is 0 Å². The molecule has 0 atom stereocenters. The molecule has 134 valence electrons. The van der Waals surface area contributed by atoms with Crippen LogP contribution < -0.4 is 5.32 Å². The molecule has 3 rings (SSSR count). The number of amides is 1. The van der Waals surface area contributed by atoms with Crippen LogP contribution in [0.5, 0.6) is 0 Å². The van der Waals surface area contributed by atoms with Crippen LogP contribution in [-0.2, 0) is 16.1 Å². The minimum absolute atomic E-state index is 0.0733. The molecule has 3 aromatic rings. The first-order chi connectivity index (χ1) is 12.5. The number of aryl methyl sites for hydroxylation is 1. The van der Waals surface area contributed by atoms with E-state index in [4.69, 9.17) is 16.3 Å². The highest BCUT2D eigenvalue weighted by atomic mass is 35.5. The summed E-state index contributed by atoms with van der Waals surface area (Å²) < 4.78 is 6.97. The molecule has 0 spiro atoms. The Labute approximate surface area is 155 Å². The van der Waals surface area contributed by atoms with E-state index < -0.39 is 5.97 Å². The molecule has 0 radical (unpaired) electrons. The number of rotatable bonds is 6. The van der Waals surface area contributed by atoms with Crippen molar-refractivity contribution >= 4 is 29.1 Å². The van der Waals surface area contributed by atoms with Crippen LogP contribution in [0, 0.1) is 6.92 Å². The van der Waals surface area contributed by atoms with Gasteiger partial charge < -0.3 is 14.5 Å². The summed E-state index contributed by atoms with van der Waals surface area (Å²) in [6.45, 7) is 2.15. The zero-order valence-corrected chi connectivity index (χ0v) is 15.0. The summed E-state index contributed by atoms with van der Waals surface area (Å²) in [5.74, 6) is -0.599. The molecule has 0 bridgehead atoms. The van der Waals surface area contributed by atoms with Gasteiger partial charge in [-0.05, 0) is 30.7 Å². The summed E-state index contributed by atoms with van der Waals surface area (Å²) >= 11 is 5.92. The highest BCUT2D eigenvalue weighted by Crippen LogP contribution is 2.12. The summed E-state index contributed by atoms with van der Waals surface area (Å²) in [7, 11) is 0. The van der Waals surface area contributed by atoms with Crippen LogP contribution in [0.2, 0.25) is 5.02 Å². The number of carbonyl (C=O) groups excluding carboxylic acids is 2. The van der Waals surface area contributed by atoms with Crippen molar-refractivity contribution in [2.45, 2.75) is 20.0 Å². The first-order valence-corrected chi connectivity index (χ1v) is 8.53. The molecular formula is C19H18ClN3O3. The summed E-state index contributed by atoms with van der Waals surface area (Å²) in [6, 6.07) is 10.8. The molecule has 0 saturated carbocycles. The number of hydrogen-bond donors (Lipinski definition) is 1. The maximum absolute atomic E-state index is 12.1. The van der Waals surface area contributed by atoms with Crippen LogP contribution in [-0.4, -0.2) is 27.8 Å². The third-order valence-electron chi connectivity index (χ3n) is 3.85. The number of ether oxygens (including phenoxy) is 1. The topological polar surface area (TPSA) is 72.7 Å². The van der Waals surface area contributed by atoms with Crippen molar-refractivity contribution in [3.8, 4) is 0 Å². The van der Waals surface area contributed by atoms with Crippen LogP contribution in [0.4, 0.5) is 0 Å². The lowest BCUT2D eigenvalue weighted by molar-refractivity contribution is -0.144. The molecule has 1 amide bonds. The van der Waals surface area contributed by atoms with Gasteiger partial charge in [-0.3, -0.25) is 9.59 Å². The normalized spacial score (nSPS) is 10.7. The van der Waals surface area contributed by atoms with Crippen molar-refractivity contribution < 1.29 is 14.3 Å². The van der Waals surface area contributed by atoms with Gasteiger partial charge in [0.2, 0.25) is 0 Å². The number of aromatic nitrogens is 2. The fourth-order valence-electron chi connectivity index (χ4n) is 2.51. The smallest absolute Gasteiger partial charge is 0.307 e. The summed E-state index contributed by atoms with van der Waals surface area (Å²) in [5.41, 5.74) is 2.85. The SMILES string of the molecule is Cc1ccccc1C(=O)NCCC(=O)OCc1cn2cc(Cl)ccc2n1. The Balaban J connectivity index is 1.45. The Hall–Kier alpha value is -2.86. The molecule has 0 saturated heterocycles. The van der Waals surface area contributed by atoms with Crippen LogP contribution in [0.15, 0.2) is 48.8 Å². The quantitative estimate of drug-likeness (QED) is 0.675. The van der Waals surface area contributed by atoms with Gasteiger partial charge in [-0.25, -0.2) is 4.98 Å². The molecule has 0 aliphatic heterocycles. The fraction of sp³-hybridized carbons (Fsp3) is 0.211. The van der Waals surface area contributed by atoms with E-state index in [1.807, 2.05) is 19.1 Å². The predicted octanol–water partition coefficient (Wildman–Crippen LogP) is 3.16. The second kappa shape index (κ2) is 8.01. The first-order valence-electron chi connectivity index (χ1n) is 8.15. The van der Waals surface area contributed by atoms with Crippen LogP contribution in [0.1, 0.15) is 28.0 Å². The average Bonchev–Trinajstić information content (AvgIpc) is 3.02. The van der Waals surface area contributed by atoms with Crippen LogP contribution in [0.25, 0.3) is 5.65 Å².